The SMILES string of the molecule is Cc1cc(C)n(Cc2ccc(C(=O)N3CCCC3c3n[nH]c(C)n3)cc2)n1. The number of H-pyrrole nitrogens is 1. The van der Waals surface area contributed by atoms with Crippen molar-refractivity contribution in [2.24, 2.45) is 0 Å². The minimum Gasteiger partial charge on any atom is -0.328 e. The van der Waals surface area contributed by atoms with Gasteiger partial charge in [0.15, 0.2) is 5.82 Å². The van der Waals surface area contributed by atoms with Crippen LogP contribution in [0.3, 0.4) is 0 Å². The van der Waals surface area contributed by atoms with Gasteiger partial charge in [0.1, 0.15) is 5.82 Å². The highest BCUT2D eigenvalue weighted by Crippen LogP contribution is 2.31. The van der Waals surface area contributed by atoms with Crippen molar-refractivity contribution in [3.63, 3.8) is 0 Å². The van der Waals surface area contributed by atoms with Gasteiger partial charge in [0.2, 0.25) is 0 Å². The molecule has 1 atom stereocenters. The van der Waals surface area contributed by atoms with Gasteiger partial charge >= 0.3 is 0 Å². The first kappa shape index (κ1) is 17.5. The van der Waals surface area contributed by atoms with E-state index in [0.717, 1.165) is 42.2 Å². The first-order valence-electron chi connectivity index (χ1n) is 9.31. The number of nitrogens with one attached hydrogen (secondary N) is 1. The van der Waals surface area contributed by atoms with Gasteiger partial charge < -0.3 is 4.90 Å². The highest BCUT2D eigenvalue weighted by atomic mass is 16.2. The smallest absolute Gasteiger partial charge is 0.254 e. The van der Waals surface area contributed by atoms with Gasteiger partial charge in [0.05, 0.1) is 18.3 Å². The molecule has 1 fully saturated rings. The fourth-order valence-electron chi connectivity index (χ4n) is 3.71. The molecule has 1 aromatic carbocycles. The Kier molecular flexibility index (Phi) is 4.51. The van der Waals surface area contributed by atoms with E-state index in [9.17, 15) is 4.79 Å². The van der Waals surface area contributed by atoms with Crippen molar-refractivity contribution in [1.29, 1.82) is 0 Å². The Balaban J connectivity index is 1.49. The van der Waals surface area contributed by atoms with Crippen LogP contribution in [-0.2, 0) is 6.54 Å². The number of rotatable bonds is 4. The van der Waals surface area contributed by atoms with E-state index in [1.54, 1.807) is 0 Å². The molecule has 1 unspecified atom stereocenters. The van der Waals surface area contributed by atoms with Crippen molar-refractivity contribution >= 4 is 5.91 Å². The zero-order valence-electron chi connectivity index (χ0n) is 15.9. The second-order valence-corrected chi connectivity index (χ2v) is 7.22. The number of benzene rings is 1. The van der Waals surface area contributed by atoms with Crippen LogP contribution in [-0.4, -0.2) is 42.3 Å². The molecule has 0 saturated carbocycles. The number of aromatic amines is 1. The Hall–Kier alpha value is -2.96. The second kappa shape index (κ2) is 6.98. The van der Waals surface area contributed by atoms with Crippen LogP contribution in [0.15, 0.2) is 30.3 Å². The van der Waals surface area contributed by atoms with E-state index in [-0.39, 0.29) is 11.9 Å². The van der Waals surface area contributed by atoms with E-state index in [1.165, 1.54) is 0 Å². The van der Waals surface area contributed by atoms with E-state index in [1.807, 2.05) is 47.7 Å². The first-order valence-corrected chi connectivity index (χ1v) is 9.31. The van der Waals surface area contributed by atoms with Crippen molar-refractivity contribution in [2.45, 2.75) is 46.2 Å². The van der Waals surface area contributed by atoms with Crippen molar-refractivity contribution in [1.82, 2.24) is 29.9 Å². The minimum absolute atomic E-state index is 0.0395. The zero-order chi connectivity index (χ0) is 19.0. The number of amides is 1. The molecule has 0 radical (unpaired) electrons. The molecule has 0 aliphatic carbocycles. The van der Waals surface area contributed by atoms with Gasteiger partial charge in [0.25, 0.3) is 5.91 Å². The van der Waals surface area contributed by atoms with Crippen LogP contribution in [0.2, 0.25) is 0 Å². The van der Waals surface area contributed by atoms with Crippen molar-refractivity contribution in [2.75, 3.05) is 6.54 Å². The highest BCUT2D eigenvalue weighted by molar-refractivity contribution is 5.94. The van der Waals surface area contributed by atoms with Crippen LogP contribution >= 0.6 is 0 Å². The van der Waals surface area contributed by atoms with Crippen LogP contribution in [0.5, 0.6) is 0 Å². The van der Waals surface area contributed by atoms with Crippen molar-refractivity contribution in [3.05, 3.63) is 64.5 Å². The van der Waals surface area contributed by atoms with Crippen LogP contribution in [0.1, 0.15) is 57.8 Å². The summed E-state index contributed by atoms with van der Waals surface area (Å²) in [5.74, 6) is 1.52. The van der Waals surface area contributed by atoms with Gasteiger partial charge in [-0.3, -0.25) is 14.6 Å². The lowest BCUT2D eigenvalue weighted by Gasteiger charge is -2.22. The molecular formula is C20H24N6O. The van der Waals surface area contributed by atoms with Gasteiger partial charge in [-0.05, 0) is 57.4 Å². The molecule has 3 aromatic rings. The fourth-order valence-corrected chi connectivity index (χ4v) is 3.71. The quantitative estimate of drug-likeness (QED) is 0.772. The van der Waals surface area contributed by atoms with Gasteiger partial charge in [-0.1, -0.05) is 12.1 Å². The average molecular weight is 364 g/mol. The maximum atomic E-state index is 13.0. The number of hydrogen-bond acceptors (Lipinski definition) is 4. The Labute approximate surface area is 158 Å². The molecule has 1 amide bonds. The molecular weight excluding hydrogens is 340 g/mol. The maximum Gasteiger partial charge on any atom is 0.254 e. The summed E-state index contributed by atoms with van der Waals surface area (Å²) in [6, 6.07) is 9.84. The van der Waals surface area contributed by atoms with Crippen LogP contribution in [0.4, 0.5) is 0 Å². The Morgan fingerprint density at radius 1 is 1.22 bits per heavy atom. The van der Waals surface area contributed by atoms with Crippen molar-refractivity contribution in [3.8, 4) is 0 Å². The monoisotopic (exact) mass is 364 g/mol. The average Bonchev–Trinajstić information content (AvgIpc) is 3.35. The maximum absolute atomic E-state index is 13.0. The summed E-state index contributed by atoms with van der Waals surface area (Å²) in [7, 11) is 0. The number of nitrogens with zero attached hydrogens (tertiary/aromatic N) is 5. The summed E-state index contributed by atoms with van der Waals surface area (Å²) in [6.45, 7) is 7.37. The molecule has 3 heterocycles. The van der Waals surface area contributed by atoms with Gasteiger partial charge in [-0.15, -0.1) is 0 Å². The lowest BCUT2D eigenvalue weighted by atomic mass is 10.1. The molecule has 140 valence electrons. The normalized spacial score (nSPS) is 16.9. The number of hydrogen-bond donors (Lipinski definition) is 1. The van der Waals surface area contributed by atoms with E-state index in [2.05, 4.69) is 33.3 Å². The molecule has 4 rings (SSSR count). The van der Waals surface area contributed by atoms with Gasteiger partial charge in [0, 0.05) is 17.8 Å². The van der Waals surface area contributed by atoms with Gasteiger partial charge in [-0.2, -0.15) is 10.2 Å². The molecule has 7 nitrogen and oxygen atoms in total. The second-order valence-electron chi connectivity index (χ2n) is 7.22. The number of likely N-dealkylation sites (tertiary alicyclic amines) is 1. The molecule has 0 spiro atoms. The third-order valence-electron chi connectivity index (χ3n) is 5.06. The number of aromatic nitrogens is 5. The van der Waals surface area contributed by atoms with E-state index < -0.39 is 0 Å². The molecule has 1 aliphatic rings. The zero-order valence-corrected chi connectivity index (χ0v) is 15.9. The Morgan fingerprint density at radius 2 is 2.00 bits per heavy atom. The molecule has 1 aliphatic heterocycles. The standard InChI is InChI=1S/C20H24N6O/c1-13-11-14(2)26(24-13)12-16-6-8-17(9-7-16)20(27)25-10-4-5-18(25)19-21-15(3)22-23-19/h6-9,11,18H,4-5,10,12H2,1-3H3,(H,21,22,23). The van der Waals surface area contributed by atoms with E-state index >= 15 is 0 Å². The van der Waals surface area contributed by atoms with E-state index in [4.69, 9.17) is 0 Å². The summed E-state index contributed by atoms with van der Waals surface area (Å²) < 4.78 is 1.98. The van der Waals surface area contributed by atoms with Gasteiger partial charge in [-0.25, -0.2) is 4.98 Å². The molecule has 1 N–H and O–H groups in total. The highest BCUT2D eigenvalue weighted by Gasteiger charge is 2.33. The summed E-state index contributed by atoms with van der Waals surface area (Å²) in [4.78, 5) is 19.3. The van der Waals surface area contributed by atoms with Crippen molar-refractivity contribution < 1.29 is 4.79 Å². The van der Waals surface area contributed by atoms with Crippen LogP contribution in [0, 0.1) is 20.8 Å². The third-order valence-corrected chi connectivity index (χ3v) is 5.06. The predicted octanol–water partition coefficient (Wildman–Crippen LogP) is 2.95. The summed E-state index contributed by atoms with van der Waals surface area (Å²) in [5.41, 5.74) is 3.97. The summed E-state index contributed by atoms with van der Waals surface area (Å²) in [6.07, 6.45) is 1.87. The van der Waals surface area contributed by atoms with E-state index in [0.29, 0.717) is 17.9 Å². The molecule has 7 heteroatoms. The Bertz CT molecular complexity index is 955. The number of carbonyl (C=O) groups is 1. The minimum atomic E-state index is -0.0446. The fraction of sp³-hybridized carbons (Fsp3) is 0.400. The third kappa shape index (κ3) is 3.49. The topological polar surface area (TPSA) is 79.7 Å². The first-order chi connectivity index (χ1) is 13.0. The van der Waals surface area contributed by atoms with Crippen LogP contribution in [0.25, 0.3) is 0 Å². The molecule has 27 heavy (non-hydrogen) atoms. The molecule has 0 bridgehead atoms. The summed E-state index contributed by atoms with van der Waals surface area (Å²) >= 11 is 0. The molecule has 1 saturated heterocycles. The predicted molar refractivity (Wildman–Crippen MR) is 101 cm³/mol. The Morgan fingerprint density at radius 3 is 2.63 bits per heavy atom. The lowest BCUT2D eigenvalue weighted by molar-refractivity contribution is 0.0730. The number of aryl methyl sites for hydroxylation is 3. The summed E-state index contributed by atoms with van der Waals surface area (Å²) in [5, 5.41) is 11.6. The van der Waals surface area contributed by atoms with Crippen LogP contribution < -0.4 is 0 Å². The largest absolute Gasteiger partial charge is 0.328 e. The number of carbonyl (C=O) groups excluding carboxylic acids is 1. The lowest BCUT2D eigenvalue weighted by Crippen LogP contribution is -2.31. The molecule has 2 aromatic heterocycles.